The number of hydrogen-bond donors (Lipinski definition) is 0. The number of nitrogens with zero attached hydrogens (tertiary/aromatic N) is 6. The van der Waals surface area contributed by atoms with E-state index in [0.29, 0.717) is 32.2 Å². The van der Waals surface area contributed by atoms with E-state index >= 15 is 0 Å². The van der Waals surface area contributed by atoms with Gasteiger partial charge in [-0.15, -0.1) is 0 Å². The van der Waals surface area contributed by atoms with Crippen molar-refractivity contribution in [1.29, 1.82) is 0 Å². The minimum atomic E-state index is -3.26. The summed E-state index contributed by atoms with van der Waals surface area (Å²) in [6, 6.07) is 2.17. The Morgan fingerprint density at radius 2 is 1.42 bits per heavy atom. The molecule has 1 aromatic heterocycles. The first kappa shape index (κ1) is 18.1. The van der Waals surface area contributed by atoms with Crippen LogP contribution in [0, 0.1) is 0 Å². The van der Waals surface area contributed by atoms with Gasteiger partial charge in [-0.3, -0.25) is 4.90 Å². The molecule has 0 aliphatic carbocycles. The maximum absolute atomic E-state index is 12.8. The molecule has 0 N–H and O–H groups in total. The predicted octanol–water partition coefficient (Wildman–Crippen LogP) is 0.404. The second kappa shape index (κ2) is 7.75. The lowest BCUT2D eigenvalue weighted by Crippen LogP contribution is -2.66. The van der Waals surface area contributed by atoms with Gasteiger partial charge in [-0.25, -0.2) is 9.97 Å². The fourth-order valence-corrected chi connectivity index (χ4v) is 5.78. The van der Waals surface area contributed by atoms with E-state index in [-0.39, 0.29) is 0 Å². The molecule has 0 unspecified atom stereocenters. The highest BCUT2D eigenvalue weighted by Gasteiger charge is 2.42. The third-order valence-corrected chi connectivity index (χ3v) is 7.68. The molecule has 0 radical (unpaired) electrons. The number of rotatable bonds is 4. The lowest BCUT2D eigenvalue weighted by atomic mass is 10.1. The fraction of sp³-hybridized carbons (Fsp3) is 0.765. The maximum Gasteiger partial charge on any atom is 0.282 e. The molecule has 0 aromatic carbocycles. The summed E-state index contributed by atoms with van der Waals surface area (Å²) < 4.78 is 28.9. The van der Waals surface area contributed by atoms with Gasteiger partial charge >= 0.3 is 0 Å². The summed E-state index contributed by atoms with van der Waals surface area (Å²) in [5, 5.41) is 0. The number of piperazine rings is 1. The molecular formula is C17H28N6O2S. The Balaban J connectivity index is 1.27. The van der Waals surface area contributed by atoms with Crippen molar-refractivity contribution in [2.24, 2.45) is 0 Å². The highest BCUT2D eigenvalue weighted by molar-refractivity contribution is 7.86. The molecule has 9 heteroatoms. The third-order valence-electron chi connectivity index (χ3n) is 5.71. The van der Waals surface area contributed by atoms with Crippen LogP contribution in [-0.2, 0) is 10.2 Å². The molecule has 3 aliphatic heterocycles. The van der Waals surface area contributed by atoms with Gasteiger partial charge in [0.15, 0.2) is 0 Å². The van der Waals surface area contributed by atoms with E-state index in [1.54, 1.807) is 21.0 Å². The molecule has 0 saturated carbocycles. The summed E-state index contributed by atoms with van der Waals surface area (Å²) in [5.41, 5.74) is 0. The molecule has 0 atom stereocenters. The SMILES string of the molecule is O=S(=O)(N1CCCCCC1)N1CC(N2CCN(c3ncccn3)CC2)C1. The molecule has 4 rings (SSSR count). The monoisotopic (exact) mass is 380 g/mol. The van der Waals surface area contributed by atoms with Crippen LogP contribution in [0.5, 0.6) is 0 Å². The first-order chi connectivity index (χ1) is 12.6. The molecule has 3 fully saturated rings. The molecule has 3 saturated heterocycles. The molecule has 0 amide bonds. The van der Waals surface area contributed by atoms with E-state index in [1.807, 2.05) is 6.07 Å². The van der Waals surface area contributed by atoms with Gasteiger partial charge in [0.25, 0.3) is 10.2 Å². The van der Waals surface area contributed by atoms with E-state index in [2.05, 4.69) is 19.8 Å². The highest BCUT2D eigenvalue weighted by atomic mass is 32.2. The topological polar surface area (TPSA) is 72.9 Å². The van der Waals surface area contributed by atoms with E-state index in [9.17, 15) is 8.42 Å². The molecule has 3 aliphatic rings. The van der Waals surface area contributed by atoms with Crippen LogP contribution in [0.4, 0.5) is 5.95 Å². The summed E-state index contributed by atoms with van der Waals surface area (Å²) in [5.74, 6) is 0.783. The molecular weight excluding hydrogens is 352 g/mol. The number of anilines is 1. The lowest BCUT2D eigenvalue weighted by Gasteiger charge is -2.48. The van der Waals surface area contributed by atoms with Crippen LogP contribution >= 0.6 is 0 Å². The number of aromatic nitrogens is 2. The Morgan fingerprint density at radius 3 is 2.04 bits per heavy atom. The smallest absolute Gasteiger partial charge is 0.282 e. The quantitative estimate of drug-likeness (QED) is 0.753. The Labute approximate surface area is 156 Å². The summed E-state index contributed by atoms with van der Waals surface area (Å²) >= 11 is 0. The van der Waals surface area contributed by atoms with Crippen molar-refractivity contribution in [3.05, 3.63) is 18.5 Å². The summed E-state index contributed by atoms with van der Waals surface area (Å²) in [4.78, 5) is 13.2. The zero-order valence-electron chi connectivity index (χ0n) is 15.2. The molecule has 0 spiro atoms. The predicted molar refractivity (Wildman–Crippen MR) is 100 cm³/mol. The van der Waals surface area contributed by atoms with Crippen LogP contribution in [-0.4, -0.2) is 90.3 Å². The van der Waals surface area contributed by atoms with Gasteiger partial charge in [0, 0.05) is 70.8 Å². The Kier molecular flexibility index (Phi) is 5.40. The van der Waals surface area contributed by atoms with Gasteiger partial charge in [-0.05, 0) is 18.9 Å². The summed E-state index contributed by atoms with van der Waals surface area (Å²) in [7, 11) is -3.26. The van der Waals surface area contributed by atoms with Gasteiger partial charge in [-0.2, -0.15) is 17.0 Å². The van der Waals surface area contributed by atoms with Crippen molar-refractivity contribution in [1.82, 2.24) is 23.5 Å². The second-order valence-electron chi connectivity index (χ2n) is 7.36. The summed E-state index contributed by atoms with van der Waals surface area (Å²) in [6.07, 6.45) is 7.80. The molecule has 144 valence electrons. The molecule has 0 bridgehead atoms. The standard InChI is InChI=1S/C17H28N6O2S/c24-26(25,22-8-3-1-2-4-9-22)23-14-16(15-23)20-10-12-21(13-11-20)17-18-6-5-7-19-17/h5-7,16H,1-4,8-15H2. The van der Waals surface area contributed by atoms with Crippen LogP contribution in [0.2, 0.25) is 0 Å². The first-order valence-electron chi connectivity index (χ1n) is 9.66. The fourth-order valence-electron chi connectivity index (χ4n) is 4.01. The zero-order chi connectivity index (χ0) is 18.0. The number of hydrogen-bond acceptors (Lipinski definition) is 6. The molecule has 8 nitrogen and oxygen atoms in total. The van der Waals surface area contributed by atoms with Crippen molar-refractivity contribution in [2.75, 3.05) is 57.3 Å². The average molecular weight is 381 g/mol. The molecule has 26 heavy (non-hydrogen) atoms. The largest absolute Gasteiger partial charge is 0.338 e. The van der Waals surface area contributed by atoms with Gasteiger partial charge in [0.2, 0.25) is 5.95 Å². The lowest BCUT2D eigenvalue weighted by molar-refractivity contribution is 0.0782. The van der Waals surface area contributed by atoms with Crippen molar-refractivity contribution < 1.29 is 8.42 Å². The minimum Gasteiger partial charge on any atom is -0.338 e. The van der Waals surface area contributed by atoms with E-state index < -0.39 is 10.2 Å². The Hall–Kier alpha value is -1.29. The van der Waals surface area contributed by atoms with Gasteiger partial charge in [0.1, 0.15) is 0 Å². The molecule has 1 aromatic rings. The normalized spacial score (nSPS) is 25.0. The minimum absolute atomic E-state index is 0.343. The van der Waals surface area contributed by atoms with Crippen molar-refractivity contribution in [3.8, 4) is 0 Å². The van der Waals surface area contributed by atoms with E-state index in [0.717, 1.165) is 57.8 Å². The Morgan fingerprint density at radius 1 is 0.808 bits per heavy atom. The van der Waals surface area contributed by atoms with Crippen LogP contribution in [0.1, 0.15) is 25.7 Å². The van der Waals surface area contributed by atoms with Crippen LogP contribution in [0.3, 0.4) is 0 Å². The van der Waals surface area contributed by atoms with E-state index in [4.69, 9.17) is 0 Å². The van der Waals surface area contributed by atoms with E-state index in [1.165, 1.54) is 0 Å². The summed E-state index contributed by atoms with van der Waals surface area (Å²) in [6.45, 7) is 6.25. The zero-order valence-corrected chi connectivity index (χ0v) is 16.0. The Bertz CT molecular complexity index is 678. The highest BCUT2D eigenvalue weighted by Crippen LogP contribution is 2.24. The van der Waals surface area contributed by atoms with Crippen molar-refractivity contribution >= 4 is 16.2 Å². The average Bonchev–Trinajstić information content (AvgIpc) is 2.92. The first-order valence-corrected chi connectivity index (χ1v) is 11.1. The second-order valence-corrected chi connectivity index (χ2v) is 9.29. The van der Waals surface area contributed by atoms with Crippen LogP contribution in [0.15, 0.2) is 18.5 Å². The van der Waals surface area contributed by atoms with Gasteiger partial charge in [0.05, 0.1) is 0 Å². The van der Waals surface area contributed by atoms with Crippen LogP contribution in [0.25, 0.3) is 0 Å². The maximum atomic E-state index is 12.8. The van der Waals surface area contributed by atoms with Crippen molar-refractivity contribution in [3.63, 3.8) is 0 Å². The third kappa shape index (κ3) is 3.71. The van der Waals surface area contributed by atoms with Crippen LogP contribution < -0.4 is 4.90 Å². The van der Waals surface area contributed by atoms with Crippen molar-refractivity contribution in [2.45, 2.75) is 31.7 Å². The molecule has 4 heterocycles. The van der Waals surface area contributed by atoms with Gasteiger partial charge in [-0.1, -0.05) is 12.8 Å². The van der Waals surface area contributed by atoms with Gasteiger partial charge < -0.3 is 4.90 Å².